The predicted octanol–water partition coefficient (Wildman–Crippen LogP) is 4.49. The Morgan fingerprint density at radius 1 is 1.00 bits per heavy atom. The predicted molar refractivity (Wildman–Crippen MR) is 86.6 cm³/mol. The standard InChI is InChI=1S/C18H25ClN2/c19-17-10-13(8-9-20-17)18-14-4-3-5-15(18)12-21(11-14)16-6-1-2-7-16/h8-10,14-16,18H,1-7,11-12H2/t14-,15+,18?. The zero-order chi connectivity index (χ0) is 14.2. The van der Waals surface area contributed by atoms with Crippen molar-refractivity contribution in [3.05, 3.63) is 29.0 Å². The minimum absolute atomic E-state index is 0.656. The molecule has 1 aliphatic heterocycles. The van der Waals surface area contributed by atoms with E-state index in [2.05, 4.69) is 22.0 Å². The number of nitrogens with zero attached hydrogens (tertiary/aromatic N) is 2. The van der Waals surface area contributed by atoms with Crippen LogP contribution in [0, 0.1) is 11.8 Å². The fraction of sp³-hybridized carbons (Fsp3) is 0.722. The number of fused-ring (bicyclic) bond motifs is 2. The van der Waals surface area contributed by atoms with Crippen LogP contribution < -0.4 is 0 Å². The van der Waals surface area contributed by atoms with Crippen LogP contribution in [0.15, 0.2) is 18.3 Å². The Morgan fingerprint density at radius 3 is 2.38 bits per heavy atom. The van der Waals surface area contributed by atoms with Gasteiger partial charge in [0.25, 0.3) is 0 Å². The molecule has 1 aromatic rings. The first-order valence-electron chi connectivity index (χ1n) is 8.67. The molecule has 2 saturated carbocycles. The van der Waals surface area contributed by atoms with Gasteiger partial charge in [0.2, 0.25) is 0 Å². The first-order chi connectivity index (χ1) is 10.3. The average Bonchev–Trinajstić information content (AvgIpc) is 3.00. The molecule has 3 heteroatoms. The molecule has 3 atom stereocenters. The maximum Gasteiger partial charge on any atom is 0.129 e. The third kappa shape index (κ3) is 2.73. The molecule has 21 heavy (non-hydrogen) atoms. The number of hydrogen-bond acceptors (Lipinski definition) is 2. The van der Waals surface area contributed by atoms with Crippen molar-refractivity contribution in [3.8, 4) is 0 Å². The molecule has 2 bridgehead atoms. The topological polar surface area (TPSA) is 16.1 Å². The Balaban J connectivity index is 1.56. The number of aromatic nitrogens is 1. The maximum atomic E-state index is 6.13. The first kappa shape index (κ1) is 14.0. The highest BCUT2D eigenvalue weighted by atomic mass is 35.5. The molecule has 1 unspecified atom stereocenters. The first-order valence-corrected chi connectivity index (χ1v) is 9.04. The van der Waals surface area contributed by atoms with Crippen molar-refractivity contribution >= 4 is 11.6 Å². The number of rotatable bonds is 2. The number of likely N-dealkylation sites (tertiary alicyclic amines) is 1. The molecule has 114 valence electrons. The van der Waals surface area contributed by atoms with Gasteiger partial charge in [-0.25, -0.2) is 4.98 Å². The van der Waals surface area contributed by atoms with Gasteiger partial charge in [-0.1, -0.05) is 30.9 Å². The molecule has 2 aliphatic carbocycles. The molecule has 3 aliphatic rings. The van der Waals surface area contributed by atoms with Gasteiger partial charge in [-0.2, -0.15) is 0 Å². The fourth-order valence-electron chi connectivity index (χ4n) is 5.21. The lowest BCUT2D eigenvalue weighted by Gasteiger charge is -2.49. The minimum atomic E-state index is 0.656. The van der Waals surface area contributed by atoms with Gasteiger partial charge in [-0.15, -0.1) is 0 Å². The minimum Gasteiger partial charge on any atom is -0.300 e. The summed E-state index contributed by atoms with van der Waals surface area (Å²) in [7, 11) is 0. The van der Waals surface area contributed by atoms with E-state index in [0.29, 0.717) is 5.15 Å². The maximum absolute atomic E-state index is 6.13. The second kappa shape index (κ2) is 5.89. The molecule has 0 amide bonds. The van der Waals surface area contributed by atoms with Gasteiger partial charge in [-0.05, 0) is 61.1 Å². The van der Waals surface area contributed by atoms with Crippen LogP contribution in [0.1, 0.15) is 56.4 Å². The second-order valence-corrected chi connectivity index (χ2v) is 7.67. The Kier molecular flexibility index (Phi) is 3.93. The van der Waals surface area contributed by atoms with E-state index in [1.807, 2.05) is 6.20 Å². The van der Waals surface area contributed by atoms with Crippen molar-refractivity contribution in [1.82, 2.24) is 9.88 Å². The van der Waals surface area contributed by atoms with Gasteiger partial charge in [-0.3, -0.25) is 4.90 Å². The lowest BCUT2D eigenvalue weighted by Crippen LogP contribution is -2.50. The number of piperidine rings is 1. The highest BCUT2D eigenvalue weighted by molar-refractivity contribution is 6.29. The van der Waals surface area contributed by atoms with E-state index in [0.717, 1.165) is 23.8 Å². The second-order valence-electron chi connectivity index (χ2n) is 7.28. The van der Waals surface area contributed by atoms with Gasteiger partial charge in [0.05, 0.1) is 0 Å². The summed E-state index contributed by atoms with van der Waals surface area (Å²) in [6, 6.07) is 5.20. The summed E-state index contributed by atoms with van der Waals surface area (Å²) >= 11 is 6.13. The monoisotopic (exact) mass is 304 g/mol. The molecule has 0 N–H and O–H groups in total. The molecule has 0 spiro atoms. The summed E-state index contributed by atoms with van der Waals surface area (Å²) in [6.45, 7) is 2.62. The van der Waals surface area contributed by atoms with Crippen LogP contribution in [0.25, 0.3) is 0 Å². The van der Waals surface area contributed by atoms with Crippen LogP contribution >= 0.6 is 11.6 Å². The number of hydrogen-bond donors (Lipinski definition) is 0. The van der Waals surface area contributed by atoms with Crippen LogP contribution in [0.4, 0.5) is 0 Å². The van der Waals surface area contributed by atoms with Crippen molar-refractivity contribution in [2.75, 3.05) is 13.1 Å². The van der Waals surface area contributed by atoms with Crippen molar-refractivity contribution in [1.29, 1.82) is 0 Å². The lowest BCUT2D eigenvalue weighted by molar-refractivity contribution is 0.0340. The molecular weight excluding hydrogens is 280 g/mol. The van der Waals surface area contributed by atoms with Gasteiger partial charge in [0.15, 0.2) is 0 Å². The lowest BCUT2D eigenvalue weighted by atomic mass is 9.66. The van der Waals surface area contributed by atoms with Crippen LogP contribution in [0.2, 0.25) is 5.15 Å². The summed E-state index contributed by atoms with van der Waals surface area (Å²) < 4.78 is 0. The Morgan fingerprint density at radius 2 is 1.71 bits per heavy atom. The quantitative estimate of drug-likeness (QED) is 0.748. The molecule has 1 aromatic heterocycles. The molecular formula is C18H25ClN2. The third-order valence-electron chi connectivity index (χ3n) is 6.08. The van der Waals surface area contributed by atoms with E-state index < -0.39 is 0 Å². The van der Waals surface area contributed by atoms with Crippen LogP contribution in [-0.4, -0.2) is 29.0 Å². The van der Waals surface area contributed by atoms with Crippen molar-refractivity contribution in [3.63, 3.8) is 0 Å². The van der Waals surface area contributed by atoms with E-state index in [9.17, 15) is 0 Å². The zero-order valence-electron chi connectivity index (χ0n) is 12.7. The number of halogens is 1. The van der Waals surface area contributed by atoms with Crippen LogP contribution in [0.3, 0.4) is 0 Å². The molecule has 4 rings (SSSR count). The summed E-state index contributed by atoms with van der Waals surface area (Å²) in [6.07, 6.45) is 11.9. The fourth-order valence-corrected chi connectivity index (χ4v) is 5.39. The van der Waals surface area contributed by atoms with Gasteiger partial charge < -0.3 is 0 Å². The smallest absolute Gasteiger partial charge is 0.129 e. The van der Waals surface area contributed by atoms with Crippen molar-refractivity contribution in [2.45, 2.75) is 56.9 Å². The molecule has 0 aromatic carbocycles. The summed E-state index contributed by atoms with van der Waals surface area (Å²) in [5.74, 6) is 2.38. The third-order valence-corrected chi connectivity index (χ3v) is 6.29. The van der Waals surface area contributed by atoms with Crippen molar-refractivity contribution in [2.24, 2.45) is 11.8 Å². The van der Waals surface area contributed by atoms with Crippen LogP contribution in [0.5, 0.6) is 0 Å². The molecule has 0 radical (unpaired) electrons. The Labute approximate surface area is 132 Å². The molecule has 3 fully saturated rings. The highest BCUT2D eigenvalue weighted by Crippen LogP contribution is 2.47. The van der Waals surface area contributed by atoms with E-state index in [4.69, 9.17) is 11.6 Å². The van der Waals surface area contributed by atoms with Gasteiger partial charge in [0, 0.05) is 25.3 Å². The Bertz CT molecular complexity index is 484. The highest BCUT2D eigenvalue weighted by Gasteiger charge is 2.42. The summed E-state index contributed by atoms with van der Waals surface area (Å²) in [5.41, 5.74) is 1.44. The summed E-state index contributed by atoms with van der Waals surface area (Å²) in [4.78, 5) is 7.00. The van der Waals surface area contributed by atoms with E-state index in [1.54, 1.807) is 0 Å². The normalized spacial score (nSPS) is 34.2. The Hall–Kier alpha value is -0.600. The SMILES string of the molecule is Clc1cc(C2[C@@H]3CCC[C@H]2CN(C2CCCC2)C3)ccn1. The molecule has 2 heterocycles. The van der Waals surface area contributed by atoms with E-state index in [-0.39, 0.29) is 0 Å². The average molecular weight is 305 g/mol. The largest absolute Gasteiger partial charge is 0.300 e. The molecule has 1 saturated heterocycles. The van der Waals surface area contributed by atoms with Gasteiger partial charge >= 0.3 is 0 Å². The van der Waals surface area contributed by atoms with Crippen molar-refractivity contribution < 1.29 is 0 Å². The zero-order valence-corrected chi connectivity index (χ0v) is 13.4. The number of pyridine rings is 1. The van der Waals surface area contributed by atoms with Crippen LogP contribution in [-0.2, 0) is 0 Å². The van der Waals surface area contributed by atoms with E-state index in [1.165, 1.54) is 63.6 Å². The van der Waals surface area contributed by atoms with E-state index >= 15 is 0 Å². The summed E-state index contributed by atoms with van der Waals surface area (Å²) in [5, 5.41) is 0.656. The van der Waals surface area contributed by atoms with Gasteiger partial charge in [0.1, 0.15) is 5.15 Å². The molecule has 2 nitrogen and oxygen atoms in total.